The average molecular weight is 345 g/mol. The van der Waals surface area contributed by atoms with Crippen molar-refractivity contribution in [3.05, 3.63) is 60.2 Å². The molecule has 4 N–H and O–H groups in total. The topological polar surface area (TPSA) is 93.4 Å². The van der Waals surface area contributed by atoms with Crippen LogP contribution in [0.25, 0.3) is 0 Å². The zero-order chi connectivity index (χ0) is 17.8. The normalized spacial score (nSPS) is 27.2. The molecule has 134 valence electrons. The van der Waals surface area contributed by atoms with Gasteiger partial charge in [-0.3, -0.25) is 4.90 Å². The van der Waals surface area contributed by atoms with Crippen LogP contribution in [-0.2, 0) is 6.54 Å². The Kier molecular flexibility index (Phi) is 5.67. The number of ether oxygens (including phenoxy) is 1. The Bertz CT molecular complexity index is 663. The van der Waals surface area contributed by atoms with Crippen LogP contribution in [-0.4, -0.2) is 62.8 Å². The lowest BCUT2D eigenvalue weighted by molar-refractivity contribution is -0.147. The summed E-state index contributed by atoms with van der Waals surface area (Å²) in [5, 5.41) is 39.2. The van der Waals surface area contributed by atoms with Gasteiger partial charge in [0.05, 0.1) is 18.8 Å². The van der Waals surface area contributed by atoms with Crippen LogP contribution in [0.2, 0.25) is 0 Å². The molecule has 2 aromatic rings. The summed E-state index contributed by atoms with van der Waals surface area (Å²) in [4.78, 5) is 1.77. The Morgan fingerprint density at radius 2 is 1.52 bits per heavy atom. The van der Waals surface area contributed by atoms with Crippen molar-refractivity contribution in [1.82, 2.24) is 4.90 Å². The van der Waals surface area contributed by atoms with Crippen molar-refractivity contribution >= 4 is 0 Å². The van der Waals surface area contributed by atoms with Crippen LogP contribution in [0.5, 0.6) is 11.5 Å². The Balaban J connectivity index is 1.66. The zero-order valence-electron chi connectivity index (χ0n) is 13.8. The van der Waals surface area contributed by atoms with E-state index < -0.39 is 24.4 Å². The number of rotatable bonds is 5. The average Bonchev–Trinajstić information content (AvgIpc) is 2.63. The Hall–Kier alpha value is -1.96. The van der Waals surface area contributed by atoms with Crippen molar-refractivity contribution in [1.29, 1.82) is 0 Å². The summed E-state index contributed by atoms with van der Waals surface area (Å²) in [6.07, 6.45) is -3.47. The summed E-state index contributed by atoms with van der Waals surface area (Å²) in [7, 11) is 0. The molecule has 0 aromatic heterocycles. The van der Waals surface area contributed by atoms with E-state index in [1.54, 1.807) is 4.90 Å². The Morgan fingerprint density at radius 1 is 0.880 bits per heavy atom. The van der Waals surface area contributed by atoms with E-state index in [0.29, 0.717) is 12.3 Å². The molecular weight excluding hydrogens is 322 g/mol. The van der Waals surface area contributed by atoms with Crippen LogP contribution in [0, 0.1) is 0 Å². The van der Waals surface area contributed by atoms with E-state index >= 15 is 0 Å². The van der Waals surface area contributed by atoms with Gasteiger partial charge >= 0.3 is 0 Å². The number of hydrogen-bond acceptors (Lipinski definition) is 6. The van der Waals surface area contributed by atoms with Crippen molar-refractivity contribution in [3.8, 4) is 11.5 Å². The monoisotopic (exact) mass is 345 g/mol. The lowest BCUT2D eigenvalue weighted by Crippen LogP contribution is -2.62. The largest absolute Gasteiger partial charge is 0.457 e. The molecule has 0 bridgehead atoms. The van der Waals surface area contributed by atoms with Crippen LogP contribution < -0.4 is 4.74 Å². The van der Waals surface area contributed by atoms with E-state index in [4.69, 9.17) is 4.74 Å². The fourth-order valence-corrected chi connectivity index (χ4v) is 3.08. The number of β-amino-alcohol motifs (C(OH)–C–C–N with tert-alkyl or cyclic N) is 1. The van der Waals surface area contributed by atoms with Crippen molar-refractivity contribution in [3.63, 3.8) is 0 Å². The van der Waals surface area contributed by atoms with Gasteiger partial charge < -0.3 is 25.2 Å². The summed E-state index contributed by atoms with van der Waals surface area (Å²) in [6.45, 7) is 0.337. The van der Waals surface area contributed by atoms with Crippen molar-refractivity contribution in [2.45, 2.75) is 30.9 Å². The van der Waals surface area contributed by atoms with E-state index in [1.165, 1.54) is 0 Å². The van der Waals surface area contributed by atoms with Crippen LogP contribution in [0.1, 0.15) is 5.56 Å². The number of likely N-dealkylation sites (tertiary alicyclic amines) is 1. The molecule has 1 heterocycles. The van der Waals surface area contributed by atoms with E-state index in [9.17, 15) is 20.4 Å². The van der Waals surface area contributed by atoms with Gasteiger partial charge in [0.15, 0.2) is 0 Å². The fourth-order valence-electron chi connectivity index (χ4n) is 3.08. The minimum absolute atomic E-state index is 0.186. The molecule has 3 rings (SSSR count). The van der Waals surface area contributed by atoms with Crippen molar-refractivity contribution < 1.29 is 25.2 Å². The molecule has 25 heavy (non-hydrogen) atoms. The summed E-state index contributed by atoms with van der Waals surface area (Å²) < 4.78 is 5.75. The SMILES string of the molecule is OCC1C(O)C(O)C(O)CN1Cc1ccc(Oc2ccccc2)cc1. The first-order chi connectivity index (χ1) is 12.1. The van der Waals surface area contributed by atoms with Gasteiger partial charge in [0, 0.05) is 13.1 Å². The molecule has 6 heteroatoms. The number of aliphatic hydroxyl groups excluding tert-OH is 4. The highest BCUT2D eigenvalue weighted by Crippen LogP contribution is 2.24. The van der Waals surface area contributed by atoms with E-state index in [0.717, 1.165) is 11.3 Å². The second-order valence-corrected chi connectivity index (χ2v) is 6.29. The van der Waals surface area contributed by atoms with Gasteiger partial charge in [-0.15, -0.1) is 0 Å². The third-order valence-electron chi connectivity index (χ3n) is 4.50. The quantitative estimate of drug-likeness (QED) is 0.639. The molecule has 0 aliphatic carbocycles. The van der Waals surface area contributed by atoms with E-state index in [-0.39, 0.29) is 13.2 Å². The van der Waals surface area contributed by atoms with Gasteiger partial charge in [-0.2, -0.15) is 0 Å². The third kappa shape index (κ3) is 4.18. The van der Waals surface area contributed by atoms with E-state index in [1.807, 2.05) is 54.6 Å². The first-order valence-corrected chi connectivity index (χ1v) is 8.29. The molecule has 1 fully saturated rings. The van der Waals surface area contributed by atoms with Gasteiger partial charge in [-0.25, -0.2) is 0 Å². The molecule has 0 radical (unpaired) electrons. The lowest BCUT2D eigenvalue weighted by atomic mass is 9.94. The van der Waals surface area contributed by atoms with Crippen LogP contribution in [0.3, 0.4) is 0 Å². The summed E-state index contributed by atoms with van der Waals surface area (Å²) in [5.41, 5.74) is 0.953. The summed E-state index contributed by atoms with van der Waals surface area (Å²) >= 11 is 0. The molecule has 1 aliphatic heterocycles. The first kappa shape index (κ1) is 17.8. The summed E-state index contributed by atoms with van der Waals surface area (Å²) in [6, 6.07) is 16.4. The van der Waals surface area contributed by atoms with Gasteiger partial charge in [0.25, 0.3) is 0 Å². The smallest absolute Gasteiger partial charge is 0.127 e. The second-order valence-electron chi connectivity index (χ2n) is 6.29. The van der Waals surface area contributed by atoms with Gasteiger partial charge in [-0.05, 0) is 29.8 Å². The fraction of sp³-hybridized carbons (Fsp3) is 0.368. The predicted octanol–water partition coefficient (Wildman–Crippen LogP) is 0.738. The highest BCUT2D eigenvalue weighted by molar-refractivity contribution is 5.33. The number of hydrogen-bond donors (Lipinski definition) is 4. The van der Waals surface area contributed by atoms with Gasteiger partial charge in [0.1, 0.15) is 23.7 Å². The molecule has 6 nitrogen and oxygen atoms in total. The number of aliphatic hydroxyl groups is 4. The number of benzene rings is 2. The molecule has 0 spiro atoms. The zero-order valence-corrected chi connectivity index (χ0v) is 13.8. The number of para-hydroxylation sites is 1. The number of piperidine rings is 1. The molecule has 4 unspecified atom stereocenters. The van der Waals surface area contributed by atoms with Gasteiger partial charge in [-0.1, -0.05) is 30.3 Å². The lowest BCUT2D eigenvalue weighted by Gasteiger charge is -2.43. The molecule has 0 amide bonds. The minimum atomic E-state index is -1.24. The van der Waals surface area contributed by atoms with Crippen LogP contribution in [0.4, 0.5) is 0 Å². The van der Waals surface area contributed by atoms with Gasteiger partial charge in [0.2, 0.25) is 0 Å². The first-order valence-electron chi connectivity index (χ1n) is 8.29. The highest BCUT2D eigenvalue weighted by Gasteiger charge is 2.40. The Labute approximate surface area is 146 Å². The molecule has 1 saturated heterocycles. The maximum absolute atomic E-state index is 10.0. The third-order valence-corrected chi connectivity index (χ3v) is 4.50. The molecular formula is C19H23NO5. The van der Waals surface area contributed by atoms with Crippen molar-refractivity contribution in [2.24, 2.45) is 0 Å². The van der Waals surface area contributed by atoms with Crippen LogP contribution >= 0.6 is 0 Å². The highest BCUT2D eigenvalue weighted by atomic mass is 16.5. The Morgan fingerprint density at radius 3 is 2.16 bits per heavy atom. The second kappa shape index (κ2) is 7.95. The van der Waals surface area contributed by atoms with Crippen LogP contribution in [0.15, 0.2) is 54.6 Å². The molecule has 1 aliphatic rings. The molecule has 2 aromatic carbocycles. The maximum Gasteiger partial charge on any atom is 0.127 e. The van der Waals surface area contributed by atoms with Crippen molar-refractivity contribution in [2.75, 3.05) is 13.2 Å². The summed E-state index contributed by atoms with van der Waals surface area (Å²) in [5.74, 6) is 1.47. The molecule has 4 atom stereocenters. The minimum Gasteiger partial charge on any atom is -0.457 e. The maximum atomic E-state index is 10.0. The molecule has 0 saturated carbocycles. The predicted molar refractivity (Wildman–Crippen MR) is 92.3 cm³/mol. The van der Waals surface area contributed by atoms with E-state index in [2.05, 4.69) is 0 Å². The standard InChI is InChI=1S/C19H23NO5/c21-12-16-18(23)19(24)17(22)11-20(16)10-13-6-8-15(9-7-13)25-14-4-2-1-3-5-14/h1-9,16-19,21-24H,10-12H2. The number of nitrogens with zero attached hydrogens (tertiary/aromatic N) is 1.